The summed E-state index contributed by atoms with van der Waals surface area (Å²) in [6.45, 7) is 1.86. The first kappa shape index (κ1) is 16.2. The Morgan fingerprint density at radius 1 is 1.38 bits per heavy atom. The average Bonchev–Trinajstić information content (AvgIpc) is 3.00. The minimum absolute atomic E-state index is 0.107. The molecule has 0 saturated carbocycles. The number of fused-ring (bicyclic) bond motifs is 1. The van der Waals surface area contributed by atoms with Crippen LogP contribution in [0.5, 0.6) is 0 Å². The van der Waals surface area contributed by atoms with Crippen molar-refractivity contribution < 1.29 is 9.59 Å². The lowest BCUT2D eigenvalue weighted by Gasteiger charge is -2.15. The predicted molar refractivity (Wildman–Crippen MR) is 89.7 cm³/mol. The van der Waals surface area contributed by atoms with Gasteiger partial charge < -0.3 is 10.2 Å². The van der Waals surface area contributed by atoms with Crippen LogP contribution in [0.4, 0.5) is 0 Å². The van der Waals surface area contributed by atoms with Crippen LogP contribution in [0.3, 0.4) is 0 Å². The summed E-state index contributed by atoms with van der Waals surface area (Å²) in [4.78, 5) is 42.1. The Kier molecular flexibility index (Phi) is 4.59. The summed E-state index contributed by atoms with van der Waals surface area (Å²) in [7, 11) is 1.60. The fourth-order valence-electron chi connectivity index (χ4n) is 2.97. The number of aryl methyl sites for hydroxylation is 1. The minimum atomic E-state index is -0.394. The molecule has 1 N–H and O–H groups in total. The average molecular weight is 328 g/mol. The van der Waals surface area contributed by atoms with E-state index in [4.69, 9.17) is 0 Å². The van der Waals surface area contributed by atoms with E-state index in [-0.39, 0.29) is 17.0 Å². The van der Waals surface area contributed by atoms with Crippen molar-refractivity contribution in [3.8, 4) is 0 Å². The van der Waals surface area contributed by atoms with E-state index < -0.39 is 5.91 Å². The molecule has 7 heteroatoms. The molecule has 1 aliphatic rings. The number of carbonyl (C=O) groups is 2. The van der Waals surface area contributed by atoms with Crippen molar-refractivity contribution >= 4 is 22.8 Å². The molecule has 1 aliphatic heterocycles. The van der Waals surface area contributed by atoms with Gasteiger partial charge in [-0.1, -0.05) is 0 Å². The van der Waals surface area contributed by atoms with Crippen LogP contribution < -0.4 is 10.9 Å². The van der Waals surface area contributed by atoms with E-state index in [0.717, 1.165) is 18.4 Å². The summed E-state index contributed by atoms with van der Waals surface area (Å²) >= 11 is 0. The number of pyridine rings is 2. The molecule has 24 heavy (non-hydrogen) atoms. The highest BCUT2D eigenvalue weighted by Crippen LogP contribution is 2.10. The van der Waals surface area contributed by atoms with Crippen LogP contribution in [-0.2, 0) is 11.8 Å². The number of hydrogen-bond donors (Lipinski definition) is 1. The molecule has 2 amide bonds. The summed E-state index contributed by atoms with van der Waals surface area (Å²) in [5.41, 5.74) is 0.287. The van der Waals surface area contributed by atoms with Crippen molar-refractivity contribution in [1.29, 1.82) is 0 Å². The molecule has 0 aromatic carbocycles. The van der Waals surface area contributed by atoms with Crippen molar-refractivity contribution in [2.45, 2.75) is 19.3 Å². The van der Waals surface area contributed by atoms with Crippen molar-refractivity contribution in [2.75, 3.05) is 19.6 Å². The Morgan fingerprint density at radius 3 is 2.96 bits per heavy atom. The highest BCUT2D eigenvalue weighted by molar-refractivity contribution is 5.96. The topological polar surface area (TPSA) is 84.3 Å². The second-order valence-corrected chi connectivity index (χ2v) is 5.93. The Morgan fingerprint density at radius 2 is 2.21 bits per heavy atom. The molecule has 0 unspecified atom stereocenters. The number of nitrogens with one attached hydrogen (secondary N) is 1. The van der Waals surface area contributed by atoms with Crippen LogP contribution in [0.1, 0.15) is 29.6 Å². The fraction of sp³-hybridized carbons (Fsp3) is 0.412. The molecular formula is C17H20N4O3. The molecular weight excluding hydrogens is 308 g/mol. The smallest absolute Gasteiger partial charge is 0.264 e. The zero-order chi connectivity index (χ0) is 17.1. The van der Waals surface area contributed by atoms with Gasteiger partial charge in [-0.3, -0.25) is 19.0 Å². The first-order chi connectivity index (χ1) is 11.6. The number of carbonyl (C=O) groups excluding carboxylic acids is 2. The molecule has 2 aromatic rings. The zero-order valence-electron chi connectivity index (χ0n) is 13.6. The molecule has 0 aliphatic carbocycles. The largest absolute Gasteiger partial charge is 0.352 e. The predicted octanol–water partition coefficient (Wildman–Crippen LogP) is 0.676. The molecule has 3 rings (SSSR count). The van der Waals surface area contributed by atoms with Crippen LogP contribution in [0.25, 0.3) is 11.0 Å². The summed E-state index contributed by atoms with van der Waals surface area (Å²) in [5.74, 6) is -0.216. The number of rotatable bonds is 5. The minimum Gasteiger partial charge on any atom is -0.352 e. The van der Waals surface area contributed by atoms with Gasteiger partial charge in [-0.05, 0) is 31.0 Å². The number of likely N-dealkylation sites (tertiary alicyclic amines) is 1. The lowest BCUT2D eigenvalue weighted by molar-refractivity contribution is -0.127. The monoisotopic (exact) mass is 328 g/mol. The van der Waals surface area contributed by atoms with Gasteiger partial charge in [0.2, 0.25) is 5.91 Å². The molecule has 126 valence electrons. The van der Waals surface area contributed by atoms with Gasteiger partial charge in [0.15, 0.2) is 0 Å². The van der Waals surface area contributed by atoms with Gasteiger partial charge in [0.25, 0.3) is 11.5 Å². The van der Waals surface area contributed by atoms with E-state index in [9.17, 15) is 14.4 Å². The zero-order valence-corrected chi connectivity index (χ0v) is 13.6. The molecule has 7 nitrogen and oxygen atoms in total. The van der Waals surface area contributed by atoms with Crippen LogP contribution in [0, 0.1) is 0 Å². The van der Waals surface area contributed by atoms with Gasteiger partial charge in [-0.2, -0.15) is 0 Å². The molecule has 0 atom stereocenters. The molecule has 2 aromatic heterocycles. The lowest BCUT2D eigenvalue weighted by atomic mass is 10.2. The van der Waals surface area contributed by atoms with Gasteiger partial charge in [0.05, 0.1) is 0 Å². The number of aromatic nitrogens is 2. The van der Waals surface area contributed by atoms with Crippen LogP contribution in [0.15, 0.2) is 29.2 Å². The third kappa shape index (κ3) is 3.15. The fourth-order valence-corrected chi connectivity index (χ4v) is 2.97. The van der Waals surface area contributed by atoms with Crippen molar-refractivity contribution in [3.05, 3.63) is 40.3 Å². The van der Waals surface area contributed by atoms with E-state index in [1.807, 2.05) is 11.0 Å². The van der Waals surface area contributed by atoms with Crippen molar-refractivity contribution in [2.24, 2.45) is 7.05 Å². The van der Waals surface area contributed by atoms with E-state index in [0.29, 0.717) is 31.6 Å². The standard InChI is InChI=1S/C17H20N4O3/c1-20-15-12(5-2-7-18-15)11-13(17(20)24)16(23)19-8-4-10-21-9-3-6-14(21)22/h2,5,7,11H,3-4,6,8-10H2,1H3,(H,19,23). The highest BCUT2D eigenvalue weighted by Gasteiger charge is 2.19. The first-order valence-corrected chi connectivity index (χ1v) is 8.08. The molecule has 1 saturated heterocycles. The lowest BCUT2D eigenvalue weighted by Crippen LogP contribution is -2.34. The molecule has 1 fully saturated rings. The van der Waals surface area contributed by atoms with E-state index >= 15 is 0 Å². The Hall–Kier alpha value is -2.70. The third-order valence-corrected chi connectivity index (χ3v) is 4.28. The Labute approximate surface area is 139 Å². The quantitative estimate of drug-likeness (QED) is 0.818. The number of nitrogens with zero attached hydrogens (tertiary/aromatic N) is 3. The van der Waals surface area contributed by atoms with Gasteiger partial charge in [-0.15, -0.1) is 0 Å². The maximum Gasteiger partial charge on any atom is 0.264 e. The maximum absolute atomic E-state index is 12.3. The van der Waals surface area contributed by atoms with Crippen molar-refractivity contribution in [1.82, 2.24) is 19.8 Å². The Bertz CT molecular complexity index is 843. The molecule has 3 heterocycles. The van der Waals surface area contributed by atoms with E-state index in [2.05, 4.69) is 10.3 Å². The van der Waals surface area contributed by atoms with Gasteiger partial charge in [0.1, 0.15) is 11.2 Å². The van der Waals surface area contributed by atoms with Crippen molar-refractivity contribution in [3.63, 3.8) is 0 Å². The van der Waals surface area contributed by atoms with Crippen LogP contribution >= 0.6 is 0 Å². The summed E-state index contributed by atoms with van der Waals surface area (Å²) in [6.07, 6.45) is 3.81. The van der Waals surface area contributed by atoms with E-state index in [1.165, 1.54) is 4.57 Å². The Balaban J connectivity index is 1.65. The second-order valence-electron chi connectivity index (χ2n) is 5.93. The van der Waals surface area contributed by atoms with E-state index in [1.54, 1.807) is 25.4 Å². The number of amides is 2. The molecule has 0 bridgehead atoms. The summed E-state index contributed by atoms with van der Waals surface area (Å²) in [6, 6.07) is 5.16. The summed E-state index contributed by atoms with van der Waals surface area (Å²) < 4.78 is 1.38. The number of hydrogen-bond acceptors (Lipinski definition) is 4. The molecule has 0 spiro atoms. The van der Waals surface area contributed by atoms with Crippen LogP contribution in [-0.4, -0.2) is 45.9 Å². The van der Waals surface area contributed by atoms with Crippen LogP contribution in [0.2, 0.25) is 0 Å². The second kappa shape index (κ2) is 6.82. The SMILES string of the molecule is Cn1c(=O)c(C(=O)NCCCN2CCCC2=O)cc2cccnc21. The summed E-state index contributed by atoms with van der Waals surface area (Å²) in [5, 5.41) is 3.50. The highest BCUT2D eigenvalue weighted by atomic mass is 16.2. The first-order valence-electron chi connectivity index (χ1n) is 8.08. The van der Waals surface area contributed by atoms with Gasteiger partial charge in [-0.25, -0.2) is 4.98 Å². The normalized spacial score (nSPS) is 14.4. The maximum atomic E-state index is 12.3. The molecule has 0 radical (unpaired) electrons. The third-order valence-electron chi connectivity index (χ3n) is 4.28. The van der Waals surface area contributed by atoms with Gasteiger partial charge >= 0.3 is 0 Å². The van der Waals surface area contributed by atoms with Gasteiger partial charge in [0, 0.05) is 44.7 Å².